The molecular formula is C23H19N3O4. The summed E-state index contributed by atoms with van der Waals surface area (Å²) in [7, 11) is 1.51. The molecule has 1 aliphatic rings. The highest BCUT2D eigenvalue weighted by molar-refractivity contribution is 6.46. The highest BCUT2D eigenvalue weighted by atomic mass is 16.5. The Bertz CT molecular complexity index is 1110. The van der Waals surface area contributed by atoms with E-state index in [0.29, 0.717) is 17.0 Å². The molecule has 7 nitrogen and oxygen atoms in total. The minimum atomic E-state index is -0.822. The van der Waals surface area contributed by atoms with E-state index in [1.807, 2.05) is 6.07 Å². The number of carbonyl (C=O) groups is 2. The number of hydrogen-bond donors (Lipinski definition) is 1. The second-order valence-corrected chi connectivity index (χ2v) is 6.77. The maximum absolute atomic E-state index is 13.0. The van der Waals surface area contributed by atoms with Crippen LogP contribution in [0.2, 0.25) is 0 Å². The fraction of sp³-hybridized carbons (Fsp3) is 0.130. The normalized spacial score (nSPS) is 17.9. The van der Waals surface area contributed by atoms with Crippen molar-refractivity contribution < 1.29 is 19.4 Å². The van der Waals surface area contributed by atoms with Crippen LogP contribution in [0.15, 0.2) is 78.8 Å². The molecule has 1 aromatic carbocycles. The number of pyridine rings is 2. The topological polar surface area (TPSA) is 92.6 Å². The van der Waals surface area contributed by atoms with E-state index in [0.717, 1.165) is 5.56 Å². The number of benzene rings is 1. The van der Waals surface area contributed by atoms with Gasteiger partial charge in [-0.3, -0.25) is 19.6 Å². The molecule has 0 saturated carbocycles. The summed E-state index contributed by atoms with van der Waals surface area (Å²) < 4.78 is 5.21. The van der Waals surface area contributed by atoms with Crippen LogP contribution in [-0.4, -0.2) is 38.8 Å². The summed E-state index contributed by atoms with van der Waals surface area (Å²) in [5.41, 5.74) is 1.64. The Morgan fingerprint density at radius 1 is 1.10 bits per heavy atom. The average molecular weight is 401 g/mol. The van der Waals surface area contributed by atoms with Crippen LogP contribution in [0.3, 0.4) is 0 Å². The van der Waals surface area contributed by atoms with Gasteiger partial charge in [0.25, 0.3) is 11.7 Å². The van der Waals surface area contributed by atoms with E-state index in [1.54, 1.807) is 67.1 Å². The zero-order valence-electron chi connectivity index (χ0n) is 16.2. The van der Waals surface area contributed by atoms with E-state index in [2.05, 4.69) is 9.97 Å². The number of methoxy groups -OCH3 is 1. The van der Waals surface area contributed by atoms with Crippen LogP contribution >= 0.6 is 0 Å². The largest absolute Gasteiger partial charge is 0.507 e. The quantitative estimate of drug-likeness (QED) is 0.401. The molecular weight excluding hydrogens is 382 g/mol. The van der Waals surface area contributed by atoms with Gasteiger partial charge in [0.05, 0.1) is 18.4 Å². The van der Waals surface area contributed by atoms with Crippen LogP contribution in [0.4, 0.5) is 0 Å². The van der Waals surface area contributed by atoms with E-state index in [1.165, 1.54) is 12.0 Å². The van der Waals surface area contributed by atoms with E-state index in [-0.39, 0.29) is 17.9 Å². The molecule has 0 bridgehead atoms. The molecule has 0 spiro atoms. The first-order valence-corrected chi connectivity index (χ1v) is 9.33. The third-order valence-corrected chi connectivity index (χ3v) is 4.93. The highest BCUT2D eigenvalue weighted by Gasteiger charge is 2.46. The Labute approximate surface area is 173 Å². The second-order valence-electron chi connectivity index (χ2n) is 6.77. The van der Waals surface area contributed by atoms with Crippen LogP contribution in [0.5, 0.6) is 5.75 Å². The summed E-state index contributed by atoms with van der Waals surface area (Å²) in [6.07, 6.45) is 4.86. The minimum Gasteiger partial charge on any atom is -0.507 e. The van der Waals surface area contributed by atoms with Crippen molar-refractivity contribution in [1.29, 1.82) is 0 Å². The number of likely N-dealkylation sites (tertiary alicyclic amines) is 1. The number of ketones is 1. The lowest BCUT2D eigenvalue weighted by atomic mass is 9.98. The van der Waals surface area contributed by atoms with Crippen LogP contribution in [0.1, 0.15) is 22.9 Å². The summed E-state index contributed by atoms with van der Waals surface area (Å²) in [6.45, 7) is 0.161. The molecule has 7 heteroatoms. The van der Waals surface area contributed by atoms with E-state index < -0.39 is 17.7 Å². The van der Waals surface area contributed by atoms with Gasteiger partial charge in [-0.25, -0.2) is 0 Å². The zero-order chi connectivity index (χ0) is 21.1. The fourth-order valence-electron chi connectivity index (χ4n) is 3.50. The molecule has 0 radical (unpaired) electrons. The number of amides is 1. The van der Waals surface area contributed by atoms with Crippen LogP contribution in [0, 0.1) is 0 Å². The smallest absolute Gasteiger partial charge is 0.296 e. The number of aliphatic hydroxyl groups excluding tert-OH is 1. The lowest BCUT2D eigenvalue weighted by Gasteiger charge is -2.24. The van der Waals surface area contributed by atoms with Crippen molar-refractivity contribution in [2.75, 3.05) is 7.11 Å². The number of Topliss-reactive ketones (excluding diaryl/α,β-unsaturated/α-hetero) is 1. The Morgan fingerprint density at radius 3 is 2.67 bits per heavy atom. The Hall–Kier alpha value is -4.00. The number of carbonyl (C=O) groups excluding carboxylic acids is 2. The fourth-order valence-corrected chi connectivity index (χ4v) is 3.50. The number of aliphatic hydroxyl groups is 1. The lowest BCUT2D eigenvalue weighted by molar-refractivity contribution is -0.140. The Morgan fingerprint density at radius 2 is 1.97 bits per heavy atom. The number of ether oxygens (including phenoxy) is 1. The van der Waals surface area contributed by atoms with Crippen molar-refractivity contribution in [1.82, 2.24) is 14.9 Å². The van der Waals surface area contributed by atoms with E-state index >= 15 is 0 Å². The molecule has 1 atom stereocenters. The van der Waals surface area contributed by atoms with E-state index in [9.17, 15) is 14.7 Å². The van der Waals surface area contributed by atoms with Crippen molar-refractivity contribution in [3.8, 4) is 5.75 Å². The predicted octanol–water partition coefficient (Wildman–Crippen LogP) is 3.11. The van der Waals surface area contributed by atoms with Crippen molar-refractivity contribution in [2.45, 2.75) is 12.6 Å². The van der Waals surface area contributed by atoms with Gasteiger partial charge in [0.15, 0.2) is 0 Å². The average Bonchev–Trinajstić information content (AvgIpc) is 3.05. The molecule has 1 aliphatic heterocycles. The summed E-state index contributed by atoms with van der Waals surface area (Å²) in [6, 6.07) is 14.7. The molecule has 150 valence electrons. The maximum atomic E-state index is 13.0. The van der Waals surface area contributed by atoms with Gasteiger partial charge in [-0.2, -0.15) is 0 Å². The first kappa shape index (κ1) is 19.3. The molecule has 1 fully saturated rings. The zero-order valence-corrected chi connectivity index (χ0v) is 16.2. The summed E-state index contributed by atoms with van der Waals surface area (Å²) in [5.74, 6) is -1.19. The molecule has 1 amide bonds. The first-order valence-electron chi connectivity index (χ1n) is 9.33. The van der Waals surface area contributed by atoms with Gasteiger partial charge in [-0.15, -0.1) is 0 Å². The van der Waals surface area contributed by atoms with Crippen LogP contribution in [0.25, 0.3) is 5.76 Å². The van der Waals surface area contributed by atoms with Crippen LogP contribution in [-0.2, 0) is 16.1 Å². The second kappa shape index (κ2) is 8.16. The van der Waals surface area contributed by atoms with Gasteiger partial charge in [0.2, 0.25) is 0 Å². The SMILES string of the molecule is COc1cccc(C(O)=C2C(=O)C(=O)N(Cc3cccnc3)[C@H]2c2ccccn2)c1. The van der Waals surface area contributed by atoms with Gasteiger partial charge in [-0.1, -0.05) is 24.3 Å². The van der Waals surface area contributed by atoms with Gasteiger partial charge in [-0.05, 0) is 35.9 Å². The maximum Gasteiger partial charge on any atom is 0.296 e. The lowest BCUT2D eigenvalue weighted by Crippen LogP contribution is -2.29. The van der Waals surface area contributed by atoms with Crippen molar-refractivity contribution in [3.63, 3.8) is 0 Å². The summed E-state index contributed by atoms with van der Waals surface area (Å²) in [4.78, 5) is 35.7. The number of nitrogens with zero attached hydrogens (tertiary/aromatic N) is 3. The molecule has 0 aliphatic carbocycles. The van der Waals surface area contributed by atoms with E-state index in [4.69, 9.17) is 4.74 Å². The predicted molar refractivity (Wildman–Crippen MR) is 109 cm³/mol. The standard InChI is InChI=1S/C23H19N3O4/c1-30-17-8-4-7-16(12-17)21(27)19-20(18-9-2-3-11-25-18)26(23(29)22(19)28)14-15-6-5-10-24-13-15/h2-13,20,27H,14H2,1H3/t20-/m0/s1. The first-order chi connectivity index (χ1) is 14.6. The number of rotatable bonds is 5. The minimum absolute atomic E-state index is 0.00385. The number of hydrogen-bond acceptors (Lipinski definition) is 6. The molecule has 3 heterocycles. The van der Waals surface area contributed by atoms with Gasteiger partial charge in [0, 0.05) is 30.7 Å². The summed E-state index contributed by atoms with van der Waals surface area (Å²) >= 11 is 0. The van der Waals surface area contributed by atoms with Gasteiger partial charge < -0.3 is 14.7 Å². The molecule has 1 saturated heterocycles. The third-order valence-electron chi connectivity index (χ3n) is 4.93. The van der Waals surface area contributed by atoms with Gasteiger partial charge in [0.1, 0.15) is 17.6 Å². The summed E-state index contributed by atoms with van der Waals surface area (Å²) in [5, 5.41) is 11.0. The number of aromatic nitrogens is 2. The molecule has 1 N–H and O–H groups in total. The molecule has 2 aromatic heterocycles. The molecule has 30 heavy (non-hydrogen) atoms. The van der Waals surface area contributed by atoms with Crippen molar-refractivity contribution in [3.05, 3.63) is 95.6 Å². The highest BCUT2D eigenvalue weighted by Crippen LogP contribution is 2.39. The Balaban J connectivity index is 1.85. The monoisotopic (exact) mass is 401 g/mol. The third kappa shape index (κ3) is 3.53. The van der Waals surface area contributed by atoms with Gasteiger partial charge >= 0.3 is 0 Å². The van der Waals surface area contributed by atoms with Crippen molar-refractivity contribution in [2.24, 2.45) is 0 Å². The molecule has 4 rings (SSSR count). The molecule has 0 unspecified atom stereocenters. The van der Waals surface area contributed by atoms with Crippen molar-refractivity contribution >= 4 is 17.4 Å². The Kier molecular flexibility index (Phi) is 5.26. The molecule has 3 aromatic rings. The van der Waals surface area contributed by atoms with Crippen LogP contribution < -0.4 is 4.74 Å².